The Morgan fingerprint density at radius 3 is 2.68 bits per heavy atom. The lowest BCUT2D eigenvalue weighted by molar-refractivity contribution is -0.383. The van der Waals surface area contributed by atoms with Crippen molar-refractivity contribution in [1.29, 1.82) is 0 Å². The number of halogens is 3. The van der Waals surface area contributed by atoms with Gasteiger partial charge in [0, 0.05) is 12.3 Å². The zero-order valence-electron chi connectivity index (χ0n) is 9.42. The molecule has 1 aromatic carbocycles. The van der Waals surface area contributed by atoms with E-state index in [-0.39, 0.29) is 22.3 Å². The summed E-state index contributed by atoms with van der Waals surface area (Å²) in [4.78, 5) is 14.0. The van der Waals surface area contributed by atoms with Crippen LogP contribution in [0.25, 0.3) is 10.9 Å². The molecule has 2 rings (SSSR count). The summed E-state index contributed by atoms with van der Waals surface area (Å²) in [5.41, 5.74) is -0.190. The molecule has 0 aliphatic rings. The summed E-state index contributed by atoms with van der Waals surface area (Å²) < 4.78 is 41.1. The van der Waals surface area contributed by atoms with Gasteiger partial charge in [-0.25, -0.2) is 0 Å². The Labute approximate surface area is 105 Å². The standard InChI is InChI=1S/C10H7BF3N2O3/c12-11(13,14)6-19-9-4-3-8(16(17)18)7-2-1-5-15-10(7)9/h1-5H,6H2/q-1. The molecule has 19 heavy (non-hydrogen) atoms. The number of hydrogen-bond donors (Lipinski definition) is 0. The number of hydrogen-bond acceptors (Lipinski definition) is 4. The number of nitro benzene ring substituents is 1. The molecule has 0 N–H and O–H groups in total. The van der Waals surface area contributed by atoms with Crippen LogP contribution >= 0.6 is 0 Å². The van der Waals surface area contributed by atoms with Gasteiger partial charge in [0.2, 0.25) is 0 Å². The predicted octanol–water partition coefficient (Wildman–Crippen LogP) is 2.91. The Morgan fingerprint density at radius 1 is 1.32 bits per heavy atom. The van der Waals surface area contributed by atoms with Crippen molar-refractivity contribution in [2.24, 2.45) is 0 Å². The van der Waals surface area contributed by atoms with Crippen LogP contribution in [0.4, 0.5) is 18.6 Å². The zero-order valence-corrected chi connectivity index (χ0v) is 9.42. The minimum Gasteiger partial charge on any atom is -0.520 e. The number of benzene rings is 1. The van der Waals surface area contributed by atoms with Crippen molar-refractivity contribution in [2.75, 3.05) is 6.51 Å². The molecule has 0 saturated carbocycles. The highest BCUT2D eigenvalue weighted by Gasteiger charge is 2.25. The third-order valence-electron chi connectivity index (χ3n) is 2.33. The van der Waals surface area contributed by atoms with Crippen molar-refractivity contribution < 1.29 is 22.6 Å². The second-order valence-electron chi connectivity index (χ2n) is 3.76. The molecule has 0 aliphatic carbocycles. The SMILES string of the molecule is O=[N+]([O-])c1ccc(OC[B-](F)(F)F)c2ncccc12. The van der Waals surface area contributed by atoms with Gasteiger partial charge in [0.25, 0.3) is 5.69 Å². The van der Waals surface area contributed by atoms with E-state index in [0.717, 1.165) is 12.1 Å². The van der Waals surface area contributed by atoms with E-state index in [2.05, 4.69) is 9.72 Å². The molecule has 1 aromatic heterocycles. The number of nitro groups is 1. The van der Waals surface area contributed by atoms with Crippen LogP contribution in [0, 0.1) is 10.1 Å². The Balaban J connectivity index is 2.47. The Hall–Kier alpha value is -2.32. The Kier molecular flexibility index (Phi) is 3.28. The third kappa shape index (κ3) is 2.93. The lowest BCUT2D eigenvalue weighted by atomic mass is 9.95. The largest absolute Gasteiger partial charge is 0.520 e. The molecule has 100 valence electrons. The molecule has 0 aliphatic heterocycles. The maximum atomic E-state index is 12.2. The molecule has 0 amide bonds. The lowest BCUT2D eigenvalue weighted by Crippen LogP contribution is -2.26. The topological polar surface area (TPSA) is 65.3 Å². The minimum atomic E-state index is -5.10. The number of non-ortho nitro benzene ring substituents is 1. The number of fused-ring (bicyclic) bond motifs is 1. The van der Waals surface area contributed by atoms with Crippen LogP contribution in [0.15, 0.2) is 30.5 Å². The van der Waals surface area contributed by atoms with E-state index < -0.39 is 18.4 Å². The molecule has 0 unspecified atom stereocenters. The summed E-state index contributed by atoms with van der Waals surface area (Å²) in [5, 5.41) is 10.9. The molecule has 0 radical (unpaired) electrons. The summed E-state index contributed by atoms with van der Waals surface area (Å²) in [6.45, 7) is -6.51. The summed E-state index contributed by atoms with van der Waals surface area (Å²) in [5.74, 6) is -0.125. The first-order valence-electron chi connectivity index (χ1n) is 5.24. The first kappa shape index (κ1) is 13.1. The number of ether oxygens (including phenoxy) is 1. The summed E-state index contributed by atoms with van der Waals surface area (Å²) >= 11 is 0. The van der Waals surface area contributed by atoms with Crippen LogP contribution in [-0.4, -0.2) is 23.4 Å². The first-order chi connectivity index (χ1) is 8.88. The van der Waals surface area contributed by atoms with Gasteiger partial charge in [0.15, 0.2) is 0 Å². The fourth-order valence-electron chi connectivity index (χ4n) is 1.59. The van der Waals surface area contributed by atoms with Crippen molar-refractivity contribution in [3.8, 4) is 5.75 Å². The van der Waals surface area contributed by atoms with Crippen LogP contribution in [0.2, 0.25) is 0 Å². The summed E-state index contributed by atoms with van der Waals surface area (Å²) in [6.07, 6.45) is 1.33. The van der Waals surface area contributed by atoms with E-state index in [1.807, 2.05) is 0 Å². The second-order valence-corrected chi connectivity index (χ2v) is 3.76. The van der Waals surface area contributed by atoms with Crippen LogP contribution in [-0.2, 0) is 0 Å². The van der Waals surface area contributed by atoms with Crippen molar-refractivity contribution in [2.45, 2.75) is 0 Å². The molecule has 1 heterocycles. The quantitative estimate of drug-likeness (QED) is 0.487. The van der Waals surface area contributed by atoms with Crippen LogP contribution in [0.3, 0.4) is 0 Å². The smallest absolute Gasteiger partial charge is 0.515 e. The molecule has 0 fully saturated rings. The summed E-state index contributed by atoms with van der Waals surface area (Å²) in [6, 6.07) is 5.09. The van der Waals surface area contributed by atoms with Gasteiger partial charge in [-0.1, -0.05) is 0 Å². The zero-order chi connectivity index (χ0) is 14.0. The fraction of sp³-hybridized carbons (Fsp3) is 0.100. The molecule has 2 aromatic rings. The van der Waals surface area contributed by atoms with E-state index in [9.17, 15) is 23.1 Å². The van der Waals surface area contributed by atoms with Gasteiger partial charge in [0.1, 0.15) is 11.3 Å². The van der Waals surface area contributed by atoms with Crippen molar-refractivity contribution >= 4 is 23.6 Å². The molecule has 0 atom stereocenters. The average Bonchev–Trinajstić information content (AvgIpc) is 2.34. The van der Waals surface area contributed by atoms with Crippen LogP contribution in [0.1, 0.15) is 0 Å². The van der Waals surface area contributed by atoms with Crippen molar-refractivity contribution in [1.82, 2.24) is 4.98 Å². The highest BCUT2D eigenvalue weighted by molar-refractivity contribution is 6.58. The molecular formula is C10H7BF3N2O3-. The van der Waals surface area contributed by atoms with Gasteiger partial charge in [-0.15, -0.1) is 0 Å². The normalized spacial score (nSPS) is 11.5. The van der Waals surface area contributed by atoms with Gasteiger partial charge < -0.3 is 17.7 Å². The van der Waals surface area contributed by atoms with Crippen LogP contribution < -0.4 is 4.74 Å². The number of aromatic nitrogens is 1. The van der Waals surface area contributed by atoms with Gasteiger partial charge in [-0.3, -0.25) is 15.1 Å². The predicted molar refractivity (Wildman–Crippen MR) is 63.0 cm³/mol. The molecule has 0 saturated heterocycles. The van der Waals surface area contributed by atoms with Crippen molar-refractivity contribution in [3.63, 3.8) is 0 Å². The maximum Gasteiger partial charge on any atom is 0.515 e. The maximum absolute atomic E-state index is 12.2. The molecule has 9 heteroatoms. The van der Waals surface area contributed by atoms with E-state index in [0.29, 0.717) is 0 Å². The molecular weight excluding hydrogens is 264 g/mol. The van der Waals surface area contributed by atoms with Gasteiger partial charge in [-0.2, -0.15) is 0 Å². The number of pyridine rings is 1. The van der Waals surface area contributed by atoms with E-state index in [1.54, 1.807) is 0 Å². The van der Waals surface area contributed by atoms with E-state index in [1.165, 1.54) is 18.3 Å². The average molecular weight is 271 g/mol. The minimum absolute atomic E-state index is 0.0387. The third-order valence-corrected chi connectivity index (χ3v) is 2.33. The molecule has 0 spiro atoms. The number of rotatable bonds is 4. The fourth-order valence-corrected chi connectivity index (χ4v) is 1.59. The van der Waals surface area contributed by atoms with Gasteiger partial charge >= 0.3 is 6.98 Å². The highest BCUT2D eigenvalue weighted by Crippen LogP contribution is 2.31. The number of nitrogens with zero attached hydrogens (tertiary/aromatic N) is 2. The first-order valence-corrected chi connectivity index (χ1v) is 5.24. The molecule has 0 bridgehead atoms. The Morgan fingerprint density at radius 2 is 2.05 bits per heavy atom. The van der Waals surface area contributed by atoms with E-state index >= 15 is 0 Å². The van der Waals surface area contributed by atoms with E-state index in [4.69, 9.17) is 0 Å². The lowest BCUT2D eigenvalue weighted by Gasteiger charge is -2.15. The van der Waals surface area contributed by atoms with Crippen molar-refractivity contribution in [3.05, 3.63) is 40.6 Å². The highest BCUT2D eigenvalue weighted by atomic mass is 19.4. The Bertz CT molecular complexity index is 633. The second kappa shape index (κ2) is 4.75. The van der Waals surface area contributed by atoms with Gasteiger partial charge in [-0.05, 0) is 18.2 Å². The van der Waals surface area contributed by atoms with Gasteiger partial charge in [0.05, 0.1) is 16.8 Å². The summed E-state index contributed by atoms with van der Waals surface area (Å²) in [7, 11) is 0. The van der Waals surface area contributed by atoms with Crippen LogP contribution in [0.5, 0.6) is 5.75 Å². The molecule has 5 nitrogen and oxygen atoms in total. The monoisotopic (exact) mass is 271 g/mol.